The van der Waals surface area contributed by atoms with Gasteiger partial charge in [0.15, 0.2) is 6.73 Å². The van der Waals surface area contributed by atoms with Crippen LogP contribution < -0.4 is 16.4 Å². The van der Waals surface area contributed by atoms with Crippen molar-refractivity contribution in [2.75, 3.05) is 33.4 Å². The molecule has 0 spiro atoms. The van der Waals surface area contributed by atoms with Gasteiger partial charge in [-0.15, -0.1) is 11.3 Å². The standard InChI is InChI=1S/C36H54N6O7S/c1-6-11-31(44)49-22-42(36(48)32(23(3)7-2)40-35(47)29-12-8-9-18-41(29)5)19-10-13-30-39-28(21-50-30)34(46)38-17-16-26(33(37)45)27-20-25(43)15-14-24(27)4/h14-15,20-21,23,26,29,32,43H,6-13,16-19,22H2,1-5H3,(H2,37,45)(H,38,46)(H,40,47)/t23?,26-,29-,32+/m1/s1. The first-order valence-electron chi connectivity index (χ1n) is 17.6. The van der Waals surface area contributed by atoms with Gasteiger partial charge in [-0.2, -0.15) is 0 Å². The number of hydrogen-bond acceptors (Lipinski definition) is 10. The second-order valence-electron chi connectivity index (χ2n) is 13.1. The Kier molecular flexibility index (Phi) is 16.1. The van der Waals surface area contributed by atoms with Gasteiger partial charge in [0.1, 0.15) is 17.5 Å². The fraction of sp³-hybridized carbons (Fsp3) is 0.611. The molecule has 0 aliphatic carbocycles. The summed E-state index contributed by atoms with van der Waals surface area (Å²) >= 11 is 1.32. The van der Waals surface area contributed by atoms with Gasteiger partial charge in [0, 0.05) is 31.3 Å². The number of phenolic OH excluding ortho intramolecular Hbond substituents is 1. The van der Waals surface area contributed by atoms with Crippen molar-refractivity contribution in [2.45, 2.75) is 103 Å². The number of esters is 1. The van der Waals surface area contributed by atoms with E-state index in [-0.39, 0.29) is 67.9 Å². The third kappa shape index (κ3) is 11.8. The molecule has 13 nitrogen and oxygen atoms in total. The van der Waals surface area contributed by atoms with E-state index in [2.05, 4.69) is 15.6 Å². The monoisotopic (exact) mass is 714 g/mol. The minimum Gasteiger partial charge on any atom is -0.508 e. The SMILES string of the molecule is CCCC(=O)OCN(CCCc1nc(C(=O)NCC[C@@H](C(N)=O)c2cc(O)ccc2C)cs1)C(=O)[C@@H](NC(=O)[C@H]1CCCCN1C)C(C)CC. The smallest absolute Gasteiger partial charge is 0.307 e. The van der Waals surface area contributed by atoms with Gasteiger partial charge in [-0.3, -0.25) is 28.9 Å². The van der Waals surface area contributed by atoms with Crippen molar-refractivity contribution in [1.82, 2.24) is 25.4 Å². The first-order chi connectivity index (χ1) is 23.9. The van der Waals surface area contributed by atoms with Crippen molar-refractivity contribution in [3.05, 3.63) is 45.4 Å². The van der Waals surface area contributed by atoms with E-state index in [1.54, 1.807) is 11.4 Å². The normalized spacial score (nSPS) is 16.5. The highest BCUT2D eigenvalue weighted by atomic mass is 32.1. The molecular formula is C36H54N6O7S. The van der Waals surface area contributed by atoms with E-state index in [1.807, 2.05) is 39.6 Å². The molecule has 50 heavy (non-hydrogen) atoms. The number of hydrogen-bond donors (Lipinski definition) is 4. The van der Waals surface area contributed by atoms with E-state index >= 15 is 0 Å². The molecule has 1 aromatic heterocycles. The lowest BCUT2D eigenvalue weighted by Gasteiger charge is -2.35. The molecule has 5 N–H and O–H groups in total. The number of primary amides is 1. The van der Waals surface area contributed by atoms with Crippen molar-refractivity contribution in [3.63, 3.8) is 0 Å². The largest absolute Gasteiger partial charge is 0.508 e. The second kappa shape index (κ2) is 20.0. The highest BCUT2D eigenvalue weighted by molar-refractivity contribution is 7.09. The zero-order valence-corrected chi connectivity index (χ0v) is 30.9. The maximum atomic E-state index is 14.0. The van der Waals surface area contributed by atoms with Gasteiger partial charge in [-0.25, -0.2) is 4.98 Å². The topological polar surface area (TPSA) is 184 Å². The number of aryl methyl sites for hydroxylation is 2. The maximum Gasteiger partial charge on any atom is 0.307 e. The molecule has 1 unspecified atom stereocenters. The van der Waals surface area contributed by atoms with Crippen LogP contribution in [0.4, 0.5) is 0 Å². The number of aromatic nitrogens is 1. The molecule has 3 rings (SSSR count). The van der Waals surface area contributed by atoms with E-state index < -0.39 is 29.7 Å². The van der Waals surface area contributed by atoms with Crippen molar-refractivity contribution in [1.29, 1.82) is 0 Å². The first-order valence-corrected chi connectivity index (χ1v) is 18.5. The van der Waals surface area contributed by atoms with Gasteiger partial charge in [0.05, 0.1) is 17.0 Å². The molecule has 4 atom stereocenters. The Morgan fingerprint density at radius 1 is 1.20 bits per heavy atom. The summed E-state index contributed by atoms with van der Waals surface area (Å²) in [6, 6.07) is 3.70. The molecule has 2 aromatic rings. The molecule has 2 heterocycles. The third-order valence-electron chi connectivity index (χ3n) is 9.30. The number of benzene rings is 1. The van der Waals surface area contributed by atoms with E-state index in [4.69, 9.17) is 10.5 Å². The van der Waals surface area contributed by atoms with Gasteiger partial charge in [-0.1, -0.05) is 39.7 Å². The van der Waals surface area contributed by atoms with Crippen LogP contribution in [0, 0.1) is 12.8 Å². The number of carbonyl (C=O) groups excluding carboxylic acids is 5. The number of aromatic hydroxyl groups is 1. The zero-order valence-electron chi connectivity index (χ0n) is 30.0. The number of piperidine rings is 1. The van der Waals surface area contributed by atoms with Gasteiger partial charge in [0.25, 0.3) is 5.91 Å². The molecule has 14 heteroatoms. The van der Waals surface area contributed by atoms with Crippen LogP contribution in [-0.4, -0.2) is 95.0 Å². The van der Waals surface area contributed by atoms with Gasteiger partial charge >= 0.3 is 5.97 Å². The molecule has 4 amide bonds. The summed E-state index contributed by atoms with van der Waals surface area (Å²) in [6.45, 7) is 8.64. The Balaban J connectivity index is 1.61. The van der Waals surface area contributed by atoms with Crippen LogP contribution in [0.3, 0.4) is 0 Å². The van der Waals surface area contributed by atoms with Crippen LogP contribution in [0.5, 0.6) is 5.75 Å². The third-order valence-corrected chi connectivity index (χ3v) is 10.2. The first kappa shape index (κ1) is 40.4. The van der Waals surface area contributed by atoms with Crippen molar-refractivity contribution in [2.24, 2.45) is 11.7 Å². The van der Waals surface area contributed by atoms with Crippen LogP contribution in [0.2, 0.25) is 0 Å². The minimum atomic E-state index is -0.770. The van der Waals surface area contributed by atoms with Crippen LogP contribution in [0.15, 0.2) is 23.6 Å². The van der Waals surface area contributed by atoms with Gasteiger partial charge in [-0.05, 0) is 81.8 Å². The second-order valence-corrected chi connectivity index (χ2v) is 14.1. The van der Waals surface area contributed by atoms with Crippen molar-refractivity contribution in [3.8, 4) is 5.75 Å². The fourth-order valence-corrected chi connectivity index (χ4v) is 6.85. The average molecular weight is 715 g/mol. The molecule has 276 valence electrons. The lowest BCUT2D eigenvalue weighted by Crippen LogP contribution is -2.57. The highest BCUT2D eigenvalue weighted by Crippen LogP contribution is 2.26. The molecule has 1 aromatic carbocycles. The van der Waals surface area contributed by atoms with Crippen LogP contribution in [-0.2, 0) is 30.3 Å². The number of likely N-dealkylation sites (N-methyl/N-ethyl adjacent to an activating group) is 1. The molecule has 0 bridgehead atoms. The van der Waals surface area contributed by atoms with Crippen molar-refractivity contribution >= 4 is 40.9 Å². The van der Waals surface area contributed by atoms with E-state index in [0.717, 1.165) is 31.4 Å². The minimum absolute atomic E-state index is 0.0330. The predicted octanol–water partition coefficient (Wildman–Crippen LogP) is 3.62. The number of nitrogens with two attached hydrogens (primary N) is 1. The summed E-state index contributed by atoms with van der Waals surface area (Å²) in [7, 11) is 1.93. The Morgan fingerprint density at radius 2 is 1.96 bits per heavy atom. The Bertz CT molecular complexity index is 1470. The zero-order chi connectivity index (χ0) is 36.8. The number of amides is 4. The molecule has 1 aliphatic rings. The molecule has 0 saturated carbocycles. The van der Waals surface area contributed by atoms with E-state index in [9.17, 15) is 29.1 Å². The van der Waals surface area contributed by atoms with Crippen LogP contribution in [0.1, 0.15) is 105 Å². The Labute approximate surface area is 299 Å². The summed E-state index contributed by atoms with van der Waals surface area (Å²) in [5.74, 6) is -2.59. The van der Waals surface area contributed by atoms with Crippen LogP contribution >= 0.6 is 11.3 Å². The summed E-state index contributed by atoms with van der Waals surface area (Å²) < 4.78 is 5.45. The lowest BCUT2D eigenvalue weighted by atomic mass is 9.91. The van der Waals surface area contributed by atoms with Crippen LogP contribution in [0.25, 0.3) is 0 Å². The lowest BCUT2D eigenvalue weighted by molar-refractivity contribution is -0.155. The summed E-state index contributed by atoms with van der Waals surface area (Å²) in [6.07, 6.45) is 5.48. The number of ether oxygens (including phenoxy) is 1. The molecular weight excluding hydrogens is 660 g/mol. The van der Waals surface area contributed by atoms with Gasteiger partial charge < -0.3 is 31.1 Å². The molecule has 1 aliphatic heterocycles. The van der Waals surface area contributed by atoms with Crippen molar-refractivity contribution < 1.29 is 33.8 Å². The number of thiazole rings is 1. The Hall–Kier alpha value is -4.04. The Morgan fingerprint density at radius 3 is 2.64 bits per heavy atom. The molecule has 1 saturated heterocycles. The number of nitrogens with one attached hydrogen (secondary N) is 2. The van der Waals surface area contributed by atoms with E-state index in [0.29, 0.717) is 36.3 Å². The number of rotatable bonds is 19. The van der Waals surface area contributed by atoms with Gasteiger partial charge in [0.2, 0.25) is 17.7 Å². The maximum absolute atomic E-state index is 14.0. The number of likely N-dealkylation sites (tertiary alicyclic amines) is 1. The summed E-state index contributed by atoms with van der Waals surface area (Å²) in [5, 5.41) is 18.0. The highest BCUT2D eigenvalue weighted by Gasteiger charge is 2.34. The number of carbonyl (C=O) groups is 5. The number of nitrogens with zero attached hydrogens (tertiary/aromatic N) is 3. The molecule has 0 radical (unpaired) electrons. The molecule has 1 fully saturated rings. The quantitative estimate of drug-likeness (QED) is 0.125. The summed E-state index contributed by atoms with van der Waals surface area (Å²) in [5.41, 5.74) is 7.30. The predicted molar refractivity (Wildman–Crippen MR) is 191 cm³/mol. The average Bonchev–Trinajstić information content (AvgIpc) is 3.57. The van der Waals surface area contributed by atoms with E-state index in [1.165, 1.54) is 28.4 Å². The summed E-state index contributed by atoms with van der Waals surface area (Å²) in [4.78, 5) is 72.5. The number of phenols is 1. The fourth-order valence-electron chi connectivity index (χ4n) is 6.03.